The third-order valence-electron chi connectivity index (χ3n) is 5.34. The Hall–Kier alpha value is -3.35. The van der Waals surface area contributed by atoms with E-state index in [1.807, 2.05) is 74.5 Å². The van der Waals surface area contributed by atoms with Crippen molar-refractivity contribution in [2.45, 2.75) is 71.8 Å². The summed E-state index contributed by atoms with van der Waals surface area (Å²) in [6, 6.07) is 17.2. The summed E-state index contributed by atoms with van der Waals surface area (Å²) in [7, 11) is 0. The second kappa shape index (κ2) is 14.7. The Bertz CT molecular complexity index is 881. The molecule has 0 unspecified atom stereocenters. The number of alkyl carbamates (subject to hydrolysis) is 1. The second-order valence-corrected chi connectivity index (χ2v) is 8.19. The van der Waals surface area contributed by atoms with Gasteiger partial charge in [0.2, 0.25) is 0 Å². The third-order valence-corrected chi connectivity index (χ3v) is 5.34. The molecule has 2 aromatic rings. The van der Waals surface area contributed by atoms with E-state index in [1.54, 1.807) is 6.92 Å². The fourth-order valence-corrected chi connectivity index (χ4v) is 3.50. The average Bonchev–Trinajstić information content (AvgIpc) is 2.85. The molecule has 2 atom stereocenters. The van der Waals surface area contributed by atoms with Gasteiger partial charge in [0.25, 0.3) is 0 Å². The van der Waals surface area contributed by atoms with Gasteiger partial charge in [0.15, 0.2) is 6.04 Å². The smallest absolute Gasteiger partial charge is 0.408 e. The van der Waals surface area contributed by atoms with Gasteiger partial charge in [-0.25, -0.2) is 9.59 Å². The third kappa shape index (κ3) is 9.25. The van der Waals surface area contributed by atoms with Crippen LogP contribution in [0.5, 0.6) is 0 Å². The molecule has 0 aliphatic heterocycles. The van der Waals surface area contributed by atoms with Crippen LogP contribution in [0.4, 0.5) is 4.79 Å². The van der Waals surface area contributed by atoms with Crippen LogP contribution in [0.1, 0.15) is 57.6 Å². The zero-order valence-corrected chi connectivity index (χ0v) is 20.2. The average molecular weight is 470 g/mol. The van der Waals surface area contributed by atoms with E-state index in [0.29, 0.717) is 12.8 Å². The van der Waals surface area contributed by atoms with E-state index < -0.39 is 24.2 Å². The van der Waals surface area contributed by atoms with Gasteiger partial charge in [0, 0.05) is 0 Å². The van der Waals surface area contributed by atoms with Crippen LogP contribution in [0.3, 0.4) is 0 Å². The van der Waals surface area contributed by atoms with Crippen LogP contribution in [0.25, 0.3) is 0 Å². The first-order valence-electron chi connectivity index (χ1n) is 11.8. The Morgan fingerprint density at radius 3 is 1.76 bits per heavy atom. The van der Waals surface area contributed by atoms with Gasteiger partial charge in [-0.1, -0.05) is 87.4 Å². The van der Waals surface area contributed by atoms with Crippen LogP contribution in [0.2, 0.25) is 0 Å². The lowest BCUT2D eigenvalue weighted by molar-refractivity contribution is -0.161. The van der Waals surface area contributed by atoms with Crippen LogP contribution < -0.4 is 5.32 Å². The summed E-state index contributed by atoms with van der Waals surface area (Å²) in [5.74, 6) is -1.33. The molecule has 0 heterocycles. The Morgan fingerprint density at radius 1 is 0.765 bits per heavy atom. The number of hydrogen-bond acceptors (Lipinski definition) is 6. The summed E-state index contributed by atoms with van der Waals surface area (Å²) in [5, 5.41) is 2.52. The predicted molar refractivity (Wildman–Crippen MR) is 129 cm³/mol. The van der Waals surface area contributed by atoms with Gasteiger partial charge in [-0.05, 0) is 30.9 Å². The van der Waals surface area contributed by atoms with E-state index in [9.17, 15) is 14.4 Å². The molecule has 1 N–H and O–H groups in total. The highest BCUT2D eigenvalue weighted by molar-refractivity contribution is 5.82. The lowest BCUT2D eigenvalue weighted by atomic mass is 9.98. The molecular weight excluding hydrogens is 434 g/mol. The van der Waals surface area contributed by atoms with Crippen LogP contribution >= 0.6 is 0 Å². The van der Waals surface area contributed by atoms with Gasteiger partial charge in [0.05, 0.1) is 5.92 Å². The normalized spacial score (nSPS) is 12.5. The largest absolute Gasteiger partial charge is 0.460 e. The fourth-order valence-electron chi connectivity index (χ4n) is 3.50. The Kier molecular flexibility index (Phi) is 11.7. The molecule has 0 aromatic heterocycles. The summed E-state index contributed by atoms with van der Waals surface area (Å²) in [6.07, 6.45) is 1.37. The number of benzene rings is 2. The molecule has 2 rings (SSSR count). The number of carbonyl (C=O) groups is 3. The monoisotopic (exact) mass is 469 g/mol. The quantitative estimate of drug-likeness (QED) is 0.321. The van der Waals surface area contributed by atoms with Gasteiger partial charge in [-0.2, -0.15) is 0 Å². The van der Waals surface area contributed by atoms with E-state index in [2.05, 4.69) is 5.32 Å². The van der Waals surface area contributed by atoms with Crippen molar-refractivity contribution >= 4 is 18.0 Å². The van der Waals surface area contributed by atoms with Crippen LogP contribution in [-0.4, -0.2) is 30.2 Å². The van der Waals surface area contributed by atoms with Crippen molar-refractivity contribution in [1.29, 1.82) is 0 Å². The molecular formula is C27H35NO6. The van der Waals surface area contributed by atoms with Crippen molar-refractivity contribution < 1.29 is 28.6 Å². The molecule has 7 heteroatoms. The Balaban J connectivity index is 2.05. The maximum Gasteiger partial charge on any atom is 0.408 e. The highest BCUT2D eigenvalue weighted by Crippen LogP contribution is 2.17. The van der Waals surface area contributed by atoms with Crippen molar-refractivity contribution in [3.8, 4) is 0 Å². The number of hydrogen-bond donors (Lipinski definition) is 1. The minimum absolute atomic E-state index is 0.0336. The minimum atomic E-state index is -1.21. The first-order chi connectivity index (χ1) is 16.4. The zero-order chi connectivity index (χ0) is 24.8. The van der Waals surface area contributed by atoms with E-state index >= 15 is 0 Å². The molecule has 0 spiro atoms. The molecule has 0 fully saturated rings. The molecule has 34 heavy (non-hydrogen) atoms. The fraction of sp³-hybridized carbons (Fsp3) is 0.444. The molecule has 0 aliphatic rings. The minimum Gasteiger partial charge on any atom is -0.460 e. The molecule has 0 radical (unpaired) electrons. The molecule has 1 amide bonds. The molecule has 0 bridgehead atoms. The number of amides is 1. The van der Waals surface area contributed by atoms with Gasteiger partial charge in [0.1, 0.15) is 19.3 Å². The van der Waals surface area contributed by atoms with Crippen molar-refractivity contribution in [3.05, 3.63) is 71.8 Å². The van der Waals surface area contributed by atoms with Crippen molar-refractivity contribution in [2.75, 3.05) is 0 Å². The van der Waals surface area contributed by atoms with Gasteiger partial charge in [-0.15, -0.1) is 0 Å². The van der Waals surface area contributed by atoms with Crippen molar-refractivity contribution in [1.82, 2.24) is 5.32 Å². The maximum absolute atomic E-state index is 12.9. The van der Waals surface area contributed by atoms with E-state index in [1.165, 1.54) is 0 Å². The number of carbonyl (C=O) groups excluding carboxylic acids is 3. The lowest BCUT2D eigenvalue weighted by Crippen LogP contribution is -2.50. The summed E-state index contributed by atoms with van der Waals surface area (Å²) in [5.41, 5.74) is 1.61. The molecule has 0 aliphatic carbocycles. The van der Waals surface area contributed by atoms with Crippen molar-refractivity contribution in [3.63, 3.8) is 0 Å². The van der Waals surface area contributed by atoms with Gasteiger partial charge >= 0.3 is 18.0 Å². The van der Waals surface area contributed by atoms with Crippen molar-refractivity contribution in [2.24, 2.45) is 5.92 Å². The molecule has 0 saturated carbocycles. The Morgan fingerprint density at radius 2 is 1.26 bits per heavy atom. The Labute approximate surface area is 201 Å². The van der Waals surface area contributed by atoms with E-state index in [4.69, 9.17) is 14.2 Å². The highest BCUT2D eigenvalue weighted by atomic mass is 16.6. The summed E-state index contributed by atoms with van der Waals surface area (Å²) in [6.45, 7) is 5.66. The SMILES string of the molecule is CCCC(CCC)C(=O)O[C@H](C)[C@H](NC(=O)OCc1ccccc1)C(=O)OCc1ccccc1. The number of nitrogens with one attached hydrogen (secondary N) is 1. The van der Waals surface area contributed by atoms with E-state index in [-0.39, 0.29) is 25.1 Å². The summed E-state index contributed by atoms with van der Waals surface area (Å²) >= 11 is 0. The van der Waals surface area contributed by atoms with E-state index in [0.717, 1.165) is 24.0 Å². The number of rotatable bonds is 13. The highest BCUT2D eigenvalue weighted by Gasteiger charge is 2.33. The predicted octanol–water partition coefficient (Wildman–Crippen LogP) is 5.17. The van der Waals surface area contributed by atoms with Crippen LogP contribution in [0, 0.1) is 5.92 Å². The zero-order valence-electron chi connectivity index (χ0n) is 20.2. The molecule has 2 aromatic carbocycles. The van der Waals surface area contributed by atoms with Gasteiger partial charge < -0.3 is 19.5 Å². The molecule has 7 nitrogen and oxygen atoms in total. The maximum atomic E-state index is 12.9. The second-order valence-electron chi connectivity index (χ2n) is 8.19. The lowest BCUT2D eigenvalue weighted by Gasteiger charge is -2.25. The first kappa shape index (κ1) is 26.9. The van der Waals surface area contributed by atoms with Crippen LogP contribution in [-0.2, 0) is 37.0 Å². The molecule has 184 valence electrons. The topological polar surface area (TPSA) is 90.9 Å². The summed E-state index contributed by atoms with van der Waals surface area (Å²) in [4.78, 5) is 38.1. The van der Waals surface area contributed by atoms with Gasteiger partial charge in [-0.3, -0.25) is 4.79 Å². The standard InChI is InChI=1S/C27H35NO6/c1-4-12-23(13-5-2)25(29)34-20(3)24(26(30)32-18-21-14-8-6-9-15-21)28-27(31)33-19-22-16-10-7-11-17-22/h6-11,14-17,20,23-24H,4-5,12-13,18-19H2,1-3H3,(H,28,31)/t20-,24+/m1/s1. The first-order valence-corrected chi connectivity index (χ1v) is 11.8. The number of ether oxygens (including phenoxy) is 3. The summed E-state index contributed by atoms with van der Waals surface area (Å²) < 4.78 is 16.3. The molecule has 0 saturated heterocycles. The van der Waals surface area contributed by atoms with Crippen LogP contribution in [0.15, 0.2) is 60.7 Å². The number of esters is 2.